The molecule has 0 aliphatic rings. The second kappa shape index (κ2) is 4.84. The normalized spacial score (nSPS) is 10.4. The van der Waals surface area contributed by atoms with Crippen LogP contribution >= 0.6 is 11.3 Å². The Hall–Kier alpha value is -1.25. The van der Waals surface area contributed by atoms with E-state index < -0.39 is 10.0 Å². The van der Waals surface area contributed by atoms with Gasteiger partial charge in [0.25, 0.3) is 10.0 Å². The van der Waals surface area contributed by atoms with E-state index in [1.54, 1.807) is 24.1 Å². The van der Waals surface area contributed by atoms with Crippen molar-refractivity contribution in [3.8, 4) is 0 Å². The molecule has 2 aromatic heterocycles. The molecule has 0 atom stereocenters. The molecule has 0 aliphatic heterocycles. The highest BCUT2D eigenvalue weighted by molar-refractivity contribution is 7.91. The zero-order valence-corrected chi connectivity index (χ0v) is 8.62. The van der Waals surface area contributed by atoms with Crippen molar-refractivity contribution in [3.05, 3.63) is 30.3 Å². The highest BCUT2D eigenvalue weighted by atomic mass is 32.2. The smallest absolute Gasteiger partial charge is 0.265 e. The van der Waals surface area contributed by atoms with E-state index in [1.807, 2.05) is 0 Å². The van der Waals surface area contributed by atoms with Gasteiger partial charge < -0.3 is 4.98 Å². The van der Waals surface area contributed by atoms with E-state index in [2.05, 4.69) is 15.0 Å². The van der Waals surface area contributed by atoms with Crippen LogP contribution in [-0.4, -0.2) is 23.4 Å². The van der Waals surface area contributed by atoms with Crippen molar-refractivity contribution >= 4 is 21.4 Å². The maximum atomic E-state index is 10.4. The Kier molecular flexibility index (Phi) is 3.74. The SMILES string of the molecule is NS(=O)(=O)c1nccs1.c1c[nH]cn1. The number of aromatic nitrogens is 3. The van der Waals surface area contributed by atoms with Crippen LogP contribution in [0.15, 0.2) is 34.6 Å². The zero-order chi connectivity index (χ0) is 10.4. The molecule has 0 spiro atoms. The predicted octanol–water partition coefficient (Wildman–Crippen LogP) is 0.200. The van der Waals surface area contributed by atoms with Crippen LogP contribution in [0, 0.1) is 0 Å². The molecule has 0 fully saturated rings. The fourth-order valence-corrected chi connectivity index (χ4v) is 1.84. The lowest BCUT2D eigenvalue weighted by molar-refractivity contribution is 0.597. The minimum Gasteiger partial charge on any atom is -0.351 e. The monoisotopic (exact) mass is 232 g/mol. The van der Waals surface area contributed by atoms with Crippen LogP contribution in [0.25, 0.3) is 0 Å². The Morgan fingerprint density at radius 2 is 2.21 bits per heavy atom. The van der Waals surface area contributed by atoms with Gasteiger partial charge in [0.1, 0.15) is 0 Å². The average molecular weight is 232 g/mol. The Morgan fingerprint density at radius 3 is 2.43 bits per heavy atom. The van der Waals surface area contributed by atoms with E-state index in [0.29, 0.717) is 0 Å². The van der Waals surface area contributed by atoms with Crippen molar-refractivity contribution in [1.82, 2.24) is 15.0 Å². The van der Waals surface area contributed by atoms with Gasteiger partial charge in [-0.05, 0) is 0 Å². The summed E-state index contributed by atoms with van der Waals surface area (Å²) in [7, 11) is -3.55. The Morgan fingerprint density at radius 1 is 1.43 bits per heavy atom. The van der Waals surface area contributed by atoms with Crippen molar-refractivity contribution < 1.29 is 8.42 Å². The molecule has 0 unspecified atom stereocenters. The topological polar surface area (TPSA) is 102 Å². The number of nitrogens with one attached hydrogen (secondary N) is 1. The summed E-state index contributed by atoms with van der Waals surface area (Å²) in [5, 5.41) is 6.28. The molecule has 3 N–H and O–H groups in total. The van der Waals surface area contributed by atoms with Gasteiger partial charge in [-0.15, -0.1) is 11.3 Å². The molecule has 14 heavy (non-hydrogen) atoms. The van der Waals surface area contributed by atoms with Gasteiger partial charge in [0.05, 0.1) is 6.33 Å². The largest absolute Gasteiger partial charge is 0.351 e. The molecule has 2 aromatic rings. The molecular formula is C6H8N4O2S2. The molecule has 2 rings (SSSR count). The first-order valence-corrected chi connectivity index (χ1v) is 5.88. The van der Waals surface area contributed by atoms with E-state index >= 15 is 0 Å². The third-order valence-corrected chi connectivity index (χ3v) is 3.20. The van der Waals surface area contributed by atoms with Crippen LogP contribution in [0.4, 0.5) is 0 Å². The average Bonchev–Trinajstić information content (AvgIpc) is 2.80. The van der Waals surface area contributed by atoms with Gasteiger partial charge in [-0.3, -0.25) is 0 Å². The lowest BCUT2D eigenvalue weighted by Gasteiger charge is -1.84. The lowest BCUT2D eigenvalue weighted by Crippen LogP contribution is -2.11. The van der Waals surface area contributed by atoms with Crippen LogP contribution in [0.3, 0.4) is 0 Å². The first kappa shape index (κ1) is 10.8. The molecular weight excluding hydrogens is 224 g/mol. The van der Waals surface area contributed by atoms with Crippen LogP contribution in [0.5, 0.6) is 0 Å². The second-order valence-corrected chi connectivity index (χ2v) is 4.73. The molecule has 76 valence electrons. The number of sulfonamides is 1. The maximum Gasteiger partial charge on any atom is 0.265 e. The summed E-state index contributed by atoms with van der Waals surface area (Å²) in [5.41, 5.74) is 0. The lowest BCUT2D eigenvalue weighted by atomic mass is 11.0. The summed E-state index contributed by atoms with van der Waals surface area (Å²) in [5.74, 6) is 0. The highest BCUT2D eigenvalue weighted by Gasteiger charge is 2.08. The molecule has 0 aromatic carbocycles. The fraction of sp³-hybridized carbons (Fsp3) is 0. The maximum absolute atomic E-state index is 10.4. The van der Waals surface area contributed by atoms with Gasteiger partial charge >= 0.3 is 0 Å². The Labute approximate surface area is 84.9 Å². The number of nitrogens with two attached hydrogens (primary N) is 1. The van der Waals surface area contributed by atoms with E-state index in [-0.39, 0.29) is 4.34 Å². The number of hydrogen-bond acceptors (Lipinski definition) is 5. The number of hydrogen-bond donors (Lipinski definition) is 2. The van der Waals surface area contributed by atoms with Crippen LogP contribution in [0.2, 0.25) is 0 Å². The summed E-state index contributed by atoms with van der Waals surface area (Å²) in [6.07, 6.45) is 6.48. The third kappa shape index (κ3) is 3.64. The van der Waals surface area contributed by atoms with Gasteiger partial charge in [0.2, 0.25) is 4.34 Å². The predicted molar refractivity (Wildman–Crippen MR) is 52.1 cm³/mol. The summed E-state index contributed by atoms with van der Waals surface area (Å²) < 4.78 is 20.8. The van der Waals surface area contributed by atoms with E-state index in [1.165, 1.54) is 6.20 Å². The fourth-order valence-electron chi connectivity index (χ4n) is 0.566. The highest BCUT2D eigenvalue weighted by Crippen LogP contribution is 2.07. The zero-order valence-electron chi connectivity index (χ0n) is 6.99. The van der Waals surface area contributed by atoms with E-state index in [4.69, 9.17) is 5.14 Å². The first-order chi connectivity index (χ1) is 6.61. The van der Waals surface area contributed by atoms with Crippen LogP contribution < -0.4 is 5.14 Å². The molecule has 0 radical (unpaired) electrons. The number of primary sulfonamides is 1. The molecule has 8 heteroatoms. The summed E-state index contributed by atoms with van der Waals surface area (Å²) in [4.78, 5) is 9.91. The van der Waals surface area contributed by atoms with Gasteiger partial charge in [-0.2, -0.15) is 0 Å². The van der Waals surface area contributed by atoms with Crippen LogP contribution in [0.1, 0.15) is 0 Å². The van der Waals surface area contributed by atoms with Gasteiger partial charge in [0, 0.05) is 24.0 Å². The number of rotatable bonds is 1. The number of aromatic amines is 1. The van der Waals surface area contributed by atoms with Crippen molar-refractivity contribution in [2.45, 2.75) is 4.34 Å². The summed E-state index contributed by atoms with van der Waals surface area (Å²) >= 11 is 1.01. The molecule has 2 heterocycles. The second-order valence-electron chi connectivity index (χ2n) is 2.10. The Balaban J connectivity index is 0.000000165. The molecule has 6 nitrogen and oxygen atoms in total. The minimum absolute atomic E-state index is 0.0394. The van der Waals surface area contributed by atoms with Crippen molar-refractivity contribution in [3.63, 3.8) is 0 Å². The molecule has 0 saturated carbocycles. The van der Waals surface area contributed by atoms with Crippen molar-refractivity contribution in [1.29, 1.82) is 0 Å². The minimum atomic E-state index is -3.55. The number of thiazole rings is 1. The quantitative estimate of drug-likeness (QED) is 0.733. The van der Waals surface area contributed by atoms with Crippen molar-refractivity contribution in [2.24, 2.45) is 5.14 Å². The van der Waals surface area contributed by atoms with Gasteiger partial charge in [-0.25, -0.2) is 23.5 Å². The van der Waals surface area contributed by atoms with Crippen molar-refractivity contribution in [2.75, 3.05) is 0 Å². The molecule has 0 aliphatic carbocycles. The summed E-state index contributed by atoms with van der Waals surface area (Å²) in [6, 6.07) is 0. The number of H-pyrrole nitrogens is 1. The molecule has 0 amide bonds. The first-order valence-electron chi connectivity index (χ1n) is 3.46. The number of imidazole rings is 1. The van der Waals surface area contributed by atoms with E-state index in [0.717, 1.165) is 11.3 Å². The van der Waals surface area contributed by atoms with Gasteiger partial charge in [0.15, 0.2) is 0 Å². The third-order valence-electron chi connectivity index (χ3n) is 1.06. The van der Waals surface area contributed by atoms with Gasteiger partial charge in [-0.1, -0.05) is 0 Å². The standard InChI is InChI=1S/C3H4N2O2S2.C3H4N2/c4-9(6,7)3-5-1-2-8-3;1-2-5-3-4-1/h1-2H,(H2,4,6,7);1-3H,(H,4,5). The van der Waals surface area contributed by atoms with E-state index in [9.17, 15) is 8.42 Å². The molecule has 0 saturated heterocycles. The molecule has 0 bridgehead atoms. The number of nitrogens with zero attached hydrogens (tertiary/aromatic N) is 2. The Bertz CT molecular complexity index is 417. The summed E-state index contributed by atoms with van der Waals surface area (Å²) in [6.45, 7) is 0. The van der Waals surface area contributed by atoms with Crippen LogP contribution in [-0.2, 0) is 10.0 Å².